The number of carbonyl (C=O) groups excluding carboxylic acids is 1. The van der Waals surface area contributed by atoms with E-state index in [1.54, 1.807) is 0 Å². The Hall–Kier alpha value is -2.12. The number of halogens is 1. The lowest BCUT2D eigenvalue weighted by molar-refractivity contribution is -0.113. The predicted molar refractivity (Wildman–Crippen MR) is 105 cm³/mol. The number of benzene rings is 2. The third kappa shape index (κ3) is 4.49. The van der Waals surface area contributed by atoms with Gasteiger partial charge in [0.15, 0.2) is 5.82 Å². The minimum atomic E-state index is -0.0719. The summed E-state index contributed by atoms with van der Waals surface area (Å²) in [6.45, 7) is 3.96. The van der Waals surface area contributed by atoms with Crippen molar-refractivity contribution in [3.63, 3.8) is 0 Å². The molecule has 2 aromatic carbocycles. The van der Waals surface area contributed by atoms with E-state index in [-0.39, 0.29) is 11.7 Å². The maximum atomic E-state index is 12.2. The van der Waals surface area contributed by atoms with Crippen molar-refractivity contribution in [2.75, 3.05) is 11.1 Å². The molecule has 1 aromatic heterocycles. The van der Waals surface area contributed by atoms with Gasteiger partial charge in [0.05, 0.1) is 5.75 Å². The van der Waals surface area contributed by atoms with Gasteiger partial charge in [-0.1, -0.05) is 58.0 Å². The number of H-pyrrole nitrogens is 1. The first-order valence-electron chi connectivity index (χ1n) is 7.70. The Morgan fingerprint density at radius 3 is 2.52 bits per heavy atom. The zero-order valence-corrected chi connectivity index (χ0v) is 16.2. The van der Waals surface area contributed by atoms with E-state index < -0.39 is 0 Å². The van der Waals surface area contributed by atoms with Crippen LogP contribution >= 0.6 is 27.7 Å². The van der Waals surface area contributed by atoms with Crippen LogP contribution in [0, 0.1) is 13.8 Å². The zero-order chi connectivity index (χ0) is 17.8. The average Bonchev–Trinajstić information content (AvgIpc) is 3.06. The zero-order valence-electron chi connectivity index (χ0n) is 13.8. The van der Waals surface area contributed by atoms with Crippen LogP contribution in [0.25, 0.3) is 11.4 Å². The molecule has 25 heavy (non-hydrogen) atoms. The molecule has 0 fully saturated rings. The standard InChI is InChI=1S/C18H17BrN4OS/c1-11-4-3-5-12(2)16(11)20-15(24)10-25-18-21-17(22-23-18)13-6-8-14(19)9-7-13/h3-9H,10H2,1-2H3,(H,20,24)(H,21,22,23). The minimum Gasteiger partial charge on any atom is -0.325 e. The SMILES string of the molecule is Cc1cccc(C)c1NC(=O)CSc1n[nH]c(-c2ccc(Br)cc2)n1. The van der Waals surface area contributed by atoms with Crippen molar-refractivity contribution in [3.05, 3.63) is 58.1 Å². The number of rotatable bonds is 5. The quantitative estimate of drug-likeness (QED) is 0.596. The maximum Gasteiger partial charge on any atom is 0.234 e. The van der Waals surface area contributed by atoms with Gasteiger partial charge in [0, 0.05) is 15.7 Å². The van der Waals surface area contributed by atoms with Crippen LogP contribution in [0.4, 0.5) is 5.69 Å². The normalized spacial score (nSPS) is 10.7. The van der Waals surface area contributed by atoms with Gasteiger partial charge in [0.25, 0.3) is 0 Å². The molecular formula is C18H17BrN4OS. The fourth-order valence-corrected chi connectivity index (χ4v) is 3.23. The molecule has 0 bridgehead atoms. The second kappa shape index (κ2) is 7.84. The summed E-state index contributed by atoms with van der Waals surface area (Å²) in [5.74, 6) is 0.869. The molecule has 0 aliphatic carbocycles. The molecule has 0 aliphatic rings. The molecule has 0 radical (unpaired) electrons. The van der Waals surface area contributed by atoms with Crippen molar-refractivity contribution in [2.24, 2.45) is 0 Å². The Bertz CT molecular complexity index is 872. The number of thioether (sulfide) groups is 1. The Kier molecular flexibility index (Phi) is 5.55. The Labute approximate surface area is 158 Å². The molecular weight excluding hydrogens is 400 g/mol. The average molecular weight is 417 g/mol. The topological polar surface area (TPSA) is 70.7 Å². The highest BCUT2D eigenvalue weighted by Gasteiger charge is 2.11. The number of carbonyl (C=O) groups is 1. The van der Waals surface area contributed by atoms with Crippen LogP contribution < -0.4 is 5.32 Å². The van der Waals surface area contributed by atoms with Gasteiger partial charge in [0.1, 0.15) is 0 Å². The molecule has 128 valence electrons. The number of hydrogen-bond donors (Lipinski definition) is 2. The van der Waals surface area contributed by atoms with E-state index >= 15 is 0 Å². The van der Waals surface area contributed by atoms with Crippen molar-refractivity contribution >= 4 is 39.3 Å². The number of nitrogens with one attached hydrogen (secondary N) is 2. The predicted octanol–water partition coefficient (Wildman–Crippen LogP) is 4.58. The Morgan fingerprint density at radius 1 is 1.16 bits per heavy atom. The van der Waals surface area contributed by atoms with Gasteiger partial charge in [-0.25, -0.2) is 4.98 Å². The lowest BCUT2D eigenvalue weighted by atomic mass is 10.1. The second-order valence-corrected chi connectivity index (χ2v) is 7.44. The van der Waals surface area contributed by atoms with E-state index in [0.29, 0.717) is 11.0 Å². The van der Waals surface area contributed by atoms with Gasteiger partial charge in [0.2, 0.25) is 11.1 Å². The first-order valence-corrected chi connectivity index (χ1v) is 9.48. The van der Waals surface area contributed by atoms with Crippen molar-refractivity contribution < 1.29 is 4.79 Å². The number of aryl methyl sites for hydroxylation is 2. The number of amides is 1. The summed E-state index contributed by atoms with van der Waals surface area (Å²) < 4.78 is 1.01. The summed E-state index contributed by atoms with van der Waals surface area (Å²) in [4.78, 5) is 16.6. The highest BCUT2D eigenvalue weighted by molar-refractivity contribution is 9.10. The van der Waals surface area contributed by atoms with Crippen LogP contribution in [-0.4, -0.2) is 26.8 Å². The van der Waals surface area contributed by atoms with Crippen molar-refractivity contribution in [1.82, 2.24) is 15.2 Å². The smallest absolute Gasteiger partial charge is 0.234 e. The number of anilines is 1. The Balaban J connectivity index is 1.60. The highest BCUT2D eigenvalue weighted by atomic mass is 79.9. The van der Waals surface area contributed by atoms with Crippen LogP contribution in [0.2, 0.25) is 0 Å². The number of para-hydroxylation sites is 1. The van der Waals surface area contributed by atoms with E-state index in [1.165, 1.54) is 11.8 Å². The number of nitrogens with zero attached hydrogens (tertiary/aromatic N) is 2. The third-order valence-corrected chi connectivity index (χ3v) is 5.04. The molecule has 0 aliphatic heterocycles. The fraction of sp³-hybridized carbons (Fsp3) is 0.167. The summed E-state index contributed by atoms with van der Waals surface area (Å²) in [6, 6.07) is 13.7. The monoisotopic (exact) mass is 416 g/mol. The summed E-state index contributed by atoms with van der Waals surface area (Å²) in [5, 5.41) is 10.6. The Morgan fingerprint density at radius 2 is 1.84 bits per heavy atom. The van der Waals surface area contributed by atoms with Gasteiger partial charge in [-0.3, -0.25) is 9.89 Å². The summed E-state index contributed by atoms with van der Waals surface area (Å²) in [6.07, 6.45) is 0. The maximum absolute atomic E-state index is 12.2. The van der Waals surface area contributed by atoms with E-state index in [9.17, 15) is 4.79 Å². The number of hydrogen-bond acceptors (Lipinski definition) is 4. The van der Waals surface area contributed by atoms with Gasteiger partial charge in [-0.2, -0.15) is 0 Å². The first-order chi connectivity index (χ1) is 12.0. The van der Waals surface area contributed by atoms with Gasteiger partial charge < -0.3 is 5.32 Å². The molecule has 0 atom stereocenters. The first kappa shape index (κ1) is 17.7. The van der Waals surface area contributed by atoms with Gasteiger partial charge >= 0.3 is 0 Å². The minimum absolute atomic E-state index is 0.0719. The van der Waals surface area contributed by atoms with Crippen molar-refractivity contribution in [2.45, 2.75) is 19.0 Å². The van der Waals surface area contributed by atoms with Crippen molar-refractivity contribution in [1.29, 1.82) is 0 Å². The lowest BCUT2D eigenvalue weighted by Crippen LogP contribution is -2.15. The summed E-state index contributed by atoms with van der Waals surface area (Å²) >= 11 is 4.71. The van der Waals surface area contributed by atoms with Crippen LogP contribution in [0.5, 0.6) is 0 Å². The molecule has 1 heterocycles. The van der Waals surface area contributed by atoms with E-state index in [2.05, 4.69) is 36.4 Å². The van der Waals surface area contributed by atoms with E-state index in [0.717, 1.165) is 26.9 Å². The van der Waals surface area contributed by atoms with Gasteiger partial charge in [-0.05, 0) is 37.1 Å². The summed E-state index contributed by atoms with van der Waals surface area (Å²) in [7, 11) is 0. The molecule has 0 saturated carbocycles. The number of aromatic nitrogens is 3. The molecule has 0 unspecified atom stereocenters. The molecule has 0 saturated heterocycles. The molecule has 7 heteroatoms. The van der Waals surface area contributed by atoms with Crippen LogP contribution in [-0.2, 0) is 4.79 Å². The van der Waals surface area contributed by atoms with Crippen LogP contribution in [0.1, 0.15) is 11.1 Å². The molecule has 3 rings (SSSR count). The molecule has 3 aromatic rings. The van der Waals surface area contributed by atoms with Gasteiger partial charge in [-0.15, -0.1) is 5.10 Å². The van der Waals surface area contributed by atoms with Crippen LogP contribution in [0.3, 0.4) is 0 Å². The lowest BCUT2D eigenvalue weighted by Gasteiger charge is -2.10. The van der Waals surface area contributed by atoms with E-state index in [1.807, 2.05) is 56.3 Å². The molecule has 2 N–H and O–H groups in total. The largest absolute Gasteiger partial charge is 0.325 e. The molecule has 1 amide bonds. The fourth-order valence-electron chi connectivity index (χ4n) is 2.37. The summed E-state index contributed by atoms with van der Waals surface area (Å²) in [5.41, 5.74) is 3.92. The second-order valence-electron chi connectivity index (χ2n) is 5.58. The molecule has 0 spiro atoms. The van der Waals surface area contributed by atoms with Crippen LogP contribution in [0.15, 0.2) is 52.1 Å². The molecule has 5 nitrogen and oxygen atoms in total. The number of aromatic amines is 1. The third-order valence-electron chi connectivity index (χ3n) is 3.66. The van der Waals surface area contributed by atoms with E-state index in [4.69, 9.17) is 0 Å². The van der Waals surface area contributed by atoms with Crippen molar-refractivity contribution in [3.8, 4) is 11.4 Å². The highest BCUT2D eigenvalue weighted by Crippen LogP contribution is 2.22.